The van der Waals surface area contributed by atoms with Crippen LogP contribution >= 0.6 is 0 Å². The van der Waals surface area contributed by atoms with Gasteiger partial charge in [0.05, 0.1) is 35.4 Å². The minimum atomic E-state index is -2.03. The summed E-state index contributed by atoms with van der Waals surface area (Å²) in [6.45, 7) is 68.2. The third kappa shape index (κ3) is 16.6. The van der Waals surface area contributed by atoms with Crippen molar-refractivity contribution in [2.45, 2.75) is 259 Å². The first-order valence-corrected chi connectivity index (χ1v) is 44.2. The Kier molecular flexibility index (Phi) is 22.3. The van der Waals surface area contributed by atoms with E-state index in [1.807, 2.05) is 0 Å². The lowest BCUT2D eigenvalue weighted by molar-refractivity contribution is -0.0646. The van der Waals surface area contributed by atoms with Gasteiger partial charge in [-0.3, -0.25) is 0 Å². The molecule has 0 heterocycles. The fourth-order valence-corrected chi connectivity index (χ4v) is 25.6. The second-order valence-electron chi connectivity index (χ2n) is 25.9. The van der Waals surface area contributed by atoms with Gasteiger partial charge in [0.1, 0.15) is 0 Å². The highest BCUT2D eigenvalue weighted by molar-refractivity contribution is 6.80. The van der Waals surface area contributed by atoms with Crippen LogP contribution in [-0.4, -0.2) is 93.0 Å². The molecule has 4 atom stereocenters. The quantitative estimate of drug-likeness (QED) is 0.0512. The summed E-state index contributed by atoms with van der Waals surface area (Å²) in [4.78, 5) is 0. The molecule has 0 fully saturated rings. The predicted molar refractivity (Wildman–Crippen MR) is 277 cm³/mol. The van der Waals surface area contributed by atoms with Crippen LogP contribution in [-0.2, 0) is 22.8 Å². The van der Waals surface area contributed by atoms with Crippen molar-refractivity contribution < 1.29 is 22.8 Å². The molecule has 4 unspecified atom stereocenters. The first-order chi connectivity index (χ1) is 25.7. The molecule has 0 saturated heterocycles. The number of hydrogen-bond donors (Lipinski definition) is 0. The van der Waals surface area contributed by atoms with Crippen molar-refractivity contribution in [1.29, 1.82) is 0 Å². The molecule has 0 spiro atoms. The Morgan fingerprint density at radius 2 is 0.741 bits per heavy atom. The maximum absolute atomic E-state index is 7.34. The molecule has 0 aromatic rings. The largest absolute Gasteiger partial charge is 0.421 e. The van der Waals surface area contributed by atoms with Crippen molar-refractivity contribution in [2.75, 3.05) is 32.7 Å². The molecule has 350 valence electrons. The first kappa shape index (κ1) is 59.1. The predicted octanol–water partition coefficient (Wildman–Crippen LogP) is 16.1. The monoisotopic (exact) mass is 921 g/mol. The van der Waals surface area contributed by atoms with E-state index in [2.05, 4.69) is 174 Å². The number of ether oxygens (including phenoxy) is 2. The summed E-state index contributed by atoms with van der Waals surface area (Å²) in [5.41, 5.74) is -0.492. The van der Waals surface area contributed by atoms with Crippen molar-refractivity contribution in [2.24, 2.45) is 10.8 Å². The smallest absolute Gasteiger partial charge is 0.186 e. The van der Waals surface area contributed by atoms with Gasteiger partial charge in [0, 0.05) is 32.7 Å². The molecule has 11 heteroatoms. The highest BCUT2D eigenvalue weighted by Crippen LogP contribution is 2.65. The van der Waals surface area contributed by atoms with E-state index in [-0.39, 0.29) is 32.1 Å². The van der Waals surface area contributed by atoms with Gasteiger partial charge < -0.3 is 22.8 Å². The van der Waals surface area contributed by atoms with Crippen molar-refractivity contribution in [3.05, 3.63) is 0 Å². The number of rotatable bonds is 31. The van der Waals surface area contributed by atoms with Crippen LogP contribution in [0.15, 0.2) is 0 Å². The minimum Gasteiger partial charge on any atom is -0.421 e. The molecule has 0 saturated carbocycles. The molecule has 0 aromatic carbocycles. The van der Waals surface area contributed by atoms with Crippen LogP contribution in [0.2, 0.25) is 127 Å². The van der Waals surface area contributed by atoms with Crippen molar-refractivity contribution >= 4 is 49.2 Å². The van der Waals surface area contributed by atoms with Gasteiger partial charge in [-0.05, 0) is 158 Å². The van der Waals surface area contributed by atoms with Crippen molar-refractivity contribution in [3.8, 4) is 0 Å². The van der Waals surface area contributed by atoms with E-state index in [9.17, 15) is 0 Å². The highest BCUT2D eigenvalue weighted by atomic mass is 28.4. The fraction of sp³-hybridized carbons (Fsp3) is 1.00. The molecular formula is C47H108O5Si6. The minimum absolute atomic E-state index is 0.0112. The molecule has 0 amide bonds. The van der Waals surface area contributed by atoms with Crippen LogP contribution in [0.3, 0.4) is 0 Å². The zero-order valence-corrected chi connectivity index (χ0v) is 50.6. The third-order valence-corrected chi connectivity index (χ3v) is 31.2. The summed E-state index contributed by atoms with van der Waals surface area (Å²) in [7, 11) is -10.8. The highest BCUT2D eigenvalue weighted by Gasteiger charge is 2.61. The van der Waals surface area contributed by atoms with Gasteiger partial charge >= 0.3 is 0 Å². The summed E-state index contributed by atoms with van der Waals surface area (Å²) >= 11 is 0. The summed E-state index contributed by atoms with van der Waals surface area (Å²) in [5, 5.41) is 0.343. The van der Waals surface area contributed by atoms with Crippen LogP contribution < -0.4 is 0 Å². The maximum atomic E-state index is 7.34. The summed E-state index contributed by atoms with van der Waals surface area (Å²) in [6.07, 6.45) is 10.0. The van der Waals surface area contributed by atoms with Crippen LogP contribution in [0.1, 0.15) is 121 Å². The zero-order valence-electron chi connectivity index (χ0n) is 44.6. The third-order valence-electron chi connectivity index (χ3n) is 15.5. The lowest BCUT2D eigenvalue weighted by Gasteiger charge is -2.62. The molecule has 0 aliphatic rings. The van der Waals surface area contributed by atoms with E-state index in [4.69, 9.17) is 22.8 Å². The van der Waals surface area contributed by atoms with Crippen molar-refractivity contribution in [1.82, 2.24) is 0 Å². The van der Waals surface area contributed by atoms with Crippen LogP contribution in [0.4, 0.5) is 0 Å². The Morgan fingerprint density at radius 1 is 0.414 bits per heavy atom. The van der Waals surface area contributed by atoms with Gasteiger partial charge in [0.25, 0.3) is 0 Å². The van der Waals surface area contributed by atoms with E-state index in [1.165, 1.54) is 25.3 Å². The van der Waals surface area contributed by atoms with Gasteiger partial charge in [-0.15, -0.1) is 0 Å². The standard InChI is InChI=1S/C47H108O5Si6/c1-27-35-48-37-29-31-46(9,53(11,12)13)44(7,42(3,4)51-55(17,18)19)33-39-57(23,24)41-50-58(25,26)40-34-45(8,43(5,6)52-56(20,21)22)47(10,54(14,15)16)32-30-38-49-36-28-2/h27-41H2,1-26H3. The molecular weight excluding hydrogens is 813 g/mol. The second kappa shape index (κ2) is 21.9. The lowest BCUT2D eigenvalue weighted by atomic mass is 9.63. The van der Waals surface area contributed by atoms with E-state index in [0.717, 1.165) is 70.8 Å². The van der Waals surface area contributed by atoms with E-state index in [0.29, 0.717) is 0 Å². The molecule has 0 aromatic heterocycles. The molecule has 5 nitrogen and oxygen atoms in total. The molecule has 0 radical (unpaired) electrons. The fourth-order valence-electron chi connectivity index (χ4n) is 10.4. The first-order valence-electron chi connectivity index (χ1n) is 23.9. The Balaban J connectivity index is 6.71. The molecule has 0 N–H and O–H groups in total. The molecule has 0 bridgehead atoms. The van der Waals surface area contributed by atoms with Gasteiger partial charge in [0.2, 0.25) is 0 Å². The van der Waals surface area contributed by atoms with Gasteiger partial charge in [-0.25, -0.2) is 0 Å². The summed E-state index contributed by atoms with van der Waals surface area (Å²) < 4.78 is 34.0. The topological polar surface area (TPSA) is 46.2 Å². The van der Waals surface area contributed by atoms with E-state index < -0.39 is 49.2 Å². The van der Waals surface area contributed by atoms with E-state index in [1.54, 1.807) is 0 Å². The van der Waals surface area contributed by atoms with Crippen LogP contribution in [0.25, 0.3) is 0 Å². The Labute approximate surface area is 372 Å². The molecule has 0 aliphatic heterocycles. The number of hydrogen-bond acceptors (Lipinski definition) is 5. The average Bonchev–Trinajstić information content (AvgIpc) is 3.01. The molecule has 58 heavy (non-hydrogen) atoms. The summed E-state index contributed by atoms with van der Waals surface area (Å²) in [6, 6.07) is 2.41. The SMILES string of the molecule is CCCOCCCC(C)(C(C)(CC[Si](C)(C)CO[Si](C)(C)CCC(C)(C(C)(C)O[Si](C)(C)C)C(C)(CCCOCCC)[Si](C)(C)C)C(C)(C)O[Si](C)(C)C)[Si](C)(C)C. The van der Waals surface area contributed by atoms with Gasteiger partial charge in [0.15, 0.2) is 25.0 Å². The lowest BCUT2D eigenvalue weighted by Crippen LogP contribution is -2.61. The van der Waals surface area contributed by atoms with Crippen LogP contribution in [0.5, 0.6) is 0 Å². The Hall–Kier alpha value is 1.10. The Morgan fingerprint density at radius 3 is 1.03 bits per heavy atom. The summed E-state index contributed by atoms with van der Waals surface area (Å²) in [5.74, 6) is 0. The van der Waals surface area contributed by atoms with Crippen LogP contribution in [0, 0.1) is 10.8 Å². The average molecular weight is 922 g/mol. The molecule has 0 rings (SSSR count). The maximum Gasteiger partial charge on any atom is 0.186 e. The Bertz CT molecular complexity index is 1110. The van der Waals surface area contributed by atoms with Gasteiger partial charge in [-0.2, -0.15) is 0 Å². The van der Waals surface area contributed by atoms with Gasteiger partial charge in [-0.1, -0.05) is 100.0 Å². The van der Waals surface area contributed by atoms with E-state index >= 15 is 0 Å². The molecule has 0 aliphatic carbocycles. The zero-order chi connectivity index (χ0) is 46.1. The second-order valence-corrected chi connectivity index (χ2v) is 55.4. The normalized spacial score (nSPS) is 18.7. The van der Waals surface area contributed by atoms with Crippen molar-refractivity contribution in [3.63, 3.8) is 0 Å².